The van der Waals surface area contributed by atoms with Gasteiger partial charge < -0.3 is 10.1 Å². The highest BCUT2D eigenvalue weighted by Crippen LogP contribution is 2.18. The van der Waals surface area contributed by atoms with E-state index in [0.717, 1.165) is 22.4 Å². The number of carbonyl (C=O) groups is 1. The average molecular weight is 292 g/mol. The Morgan fingerprint density at radius 2 is 1.82 bits per heavy atom. The van der Waals surface area contributed by atoms with E-state index >= 15 is 0 Å². The van der Waals surface area contributed by atoms with E-state index < -0.39 is 0 Å². The van der Waals surface area contributed by atoms with Gasteiger partial charge in [-0.25, -0.2) is 4.99 Å². The average Bonchev–Trinajstić information content (AvgIpc) is 2.91. The van der Waals surface area contributed by atoms with Crippen LogP contribution in [0.3, 0.4) is 0 Å². The first kappa shape index (κ1) is 14.1. The van der Waals surface area contributed by atoms with Gasteiger partial charge in [0.2, 0.25) is 0 Å². The van der Waals surface area contributed by atoms with Crippen LogP contribution in [0.2, 0.25) is 0 Å². The maximum Gasteiger partial charge on any atom is 0.275 e. The van der Waals surface area contributed by atoms with Crippen LogP contribution in [-0.2, 0) is 4.79 Å². The fourth-order valence-corrected chi connectivity index (χ4v) is 2.25. The van der Waals surface area contributed by atoms with E-state index in [4.69, 9.17) is 4.74 Å². The largest absolute Gasteiger partial charge is 0.497 e. The first-order valence-electron chi connectivity index (χ1n) is 6.99. The van der Waals surface area contributed by atoms with Crippen molar-refractivity contribution < 1.29 is 9.53 Å². The van der Waals surface area contributed by atoms with Gasteiger partial charge in [0.15, 0.2) is 0 Å². The number of aliphatic imine (C=N–C) groups is 1. The number of amidine groups is 1. The molecule has 1 aliphatic rings. The van der Waals surface area contributed by atoms with E-state index in [0.29, 0.717) is 11.5 Å². The van der Waals surface area contributed by atoms with Crippen molar-refractivity contribution in [2.45, 2.75) is 6.92 Å². The minimum Gasteiger partial charge on any atom is -0.497 e. The van der Waals surface area contributed by atoms with Gasteiger partial charge in [-0.3, -0.25) is 4.79 Å². The zero-order valence-electron chi connectivity index (χ0n) is 12.5. The Morgan fingerprint density at radius 3 is 2.50 bits per heavy atom. The minimum atomic E-state index is -0.186. The van der Waals surface area contributed by atoms with Crippen LogP contribution in [0, 0.1) is 6.92 Å². The van der Waals surface area contributed by atoms with Crippen molar-refractivity contribution in [3.63, 3.8) is 0 Å². The SMILES string of the molecule is COc1ccc(C2=N/C(=C\c3ccccc3C)C(=O)N2)cc1. The van der Waals surface area contributed by atoms with Gasteiger partial charge >= 0.3 is 0 Å². The molecule has 0 aliphatic carbocycles. The lowest BCUT2D eigenvalue weighted by Crippen LogP contribution is -2.24. The molecule has 22 heavy (non-hydrogen) atoms. The van der Waals surface area contributed by atoms with Gasteiger partial charge in [-0.05, 0) is 48.4 Å². The van der Waals surface area contributed by atoms with Crippen molar-refractivity contribution in [1.82, 2.24) is 5.32 Å². The predicted octanol–water partition coefficient (Wildman–Crippen LogP) is 2.92. The number of nitrogens with zero attached hydrogens (tertiary/aromatic N) is 1. The molecular formula is C18H16N2O2. The van der Waals surface area contributed by atoms with Crippen molar-refractivity contribution >= 4 is 17.8 Å². The van der Waals surface area contributed by atoms with Crippen LogP contribution >= 0.6 is 0 Å². The molecule has 1 amide bonds. The van der Waals surface area contributed by atoms with Gasteiger partial charge in [-0.2, -0.15) is 0 Å². The van der Waals surface area contributed by atoms with Gasteiger partial charge in [0, 0.05) is 5.56 Å². The van der Waals surface area contributed by atoms with Crippen LogP contribution in [0.25, 0.3) is 6.08 Å². The summed E-state index contributed by atoms with van der Waals surface area (Å²) in [5.41, 5.74) is 3.37. The van der Waals surface area contributed by atoms with Crippen LogP contribution in [-0.4, -0.2) is 18.9 Å². The van der Waals surface area contributed by atoms with E-state index in [2.05, 4.69) is 10.3 Å². The number of rotatable bonds is 3. The van der Waals surface area contributed by atoms with Crippen LogP contribution in [0.4, 0.5) is 0 Å². The summed E-state index contributed by atoms with van der Waals surface area (Å²) in [6.07, 6.45) is 1.81. The van der Waals surface area contributed by atoms with Crippen molar-refractivity contribution in [2.24, 2.45) is 4.99 Å². The van der Waals surface area contributed by atoms with Gasteiger partial charge in [0.05, 0.1) is 7.11 Å². The number of ether oxygens (including phenoxy) is 1. The zero-order chi connectivity index (χ0) is 15.5. The highest BCUT2D eigenvalue weighted by molar-refractivity contribution is 6.19. The third-order valence-electron chi connectivity index (χ3n) is 3.54. The van der Waals surface area contributed by atoms with Gasteiger partial charge in [-0.1, -0.05) is 24.3 Å². The smallest absolute Gasteiger partial charge is 0.275 e. The van der Waals surface area contributed by atoms with Crippen molar-refractivity contribution in [1.29, 1.82) is 0 Å². The zero-order valence-corrected chi connectivity index (χ0v) is 12.5. The van der Waals surface area contributed by atoms with Gasteiger partial charge in [0.1, 0.15) is 17.3 Å². The predicted molar refractivity (Wildman–Crippen MR) is 86.8 cm³/mol. The molecule has 4 heteroatoms. The molecule has 0 radical (unpaired) electrons. The maximum absolute atomic E-state index is 12.1. The fourth-order valence-electron chi connectivity index (χ4n) is 2.25. The molecule has 0 fully saturated rings. The molecule has 110 valence electrons. The summed E-state index contributed by atoms with van der Waals surface area (Å²) in [6, 6.07) is 15.3. The van der Waals surface area contributed by atoms with E-state index in [9.17, 15) is 4.79 Å². The highest BCUT2D eigenvalue weighted by Gasteiger charge is 2.21. The molecule has 0 aromatic heterocycles. The first-order valence-corrected chi connectivity index (χ1v) is 6.99. The number of aryl methyl sites for hydroxylation is 1. The summed E-state index contributed by atoms with van der Waals surface area (Å²) in [7, 11) is 1.62. The highest BCUT2D eigenvalue weighted by atomic mass is 16.5. The summed E-state index contributed by atoms with van der Waals surface area (Å²) < 4.78 is 5.13. The van der Waals surface area contributed by atoms with Crippen LogP contribution in [0.1, 0.15) is 16.7 Å². The molecule has 1 heterocycles. The molecule has 0 saturated heterocycles. The van der Waals surface area contributed by atoms with Crippen LogP contribution in [0.15, 0.2) is 59.2 Å². The molecule has 0 atom stereocenters. The number of carbonyl (C=O) groups excluding carboxylic acids is 1. The van der Waals surface area contributed by atoms with Crippen LogP contribution < -0.4 is 10.1 Å². The Balaban J connectivity index is 1.92. The van der Waals surface area contributed by atoms with E-state index in [-0.39, 0.29) is 5.91 Å². The monoisotopic (exact) mass is 292 g/mol. The van der Waals surface area contributed by atoms with E-state index in [1.54, 1.807) is 13.2 Å². The Kier molecular flexibility index (Phi) is 3.74. The lowest BCUT2D eigenvalue weighted by Gasteiger charge is -2.02. The maximum atomic E-state index is 12.1. The second-order valence-corrected chi connectivity index (χ2v) is 5.03. The number of hydrogen-bond acceptors (Lipinski definition) is 3. The van der Waals surface area contributed by atoms with Crippen molar-refractivity contribution in [3.05, 3.63) is 70.9 Å². The molecule has 0 bridgehead atoms. The lowest BCUT2D eigenvalue weighted by atomic mass is 10.1. The standard InChI is InChI=1S/C18H16N2O2/c1-12-5-3-4-6-14(12)11-16-18(21)20-17(19-16)13-7-9-15(22-2)10-8-13/h3-11H,1-2H3,(H,19,20,21)/b16-11-. The molecule has 0 saturated carbocycles. The van der Waals surface area contributed by atoms with Crippen LogP contribution in [0.5, 0.6) is 5.75 Å². The third kappa shape index (κ3) is 2.76. The Hall–Kier alpha value is -2.88. The molecule has 1 N–H and O–H groups in total. The number of benzene rings is 2. The van der Waals surface area contributed by atoms with Gasteiger partial charge in [-0.15, -0.1) is 0 Å². The summed E-state index contributed by atoms with van der Waals surface area (Å²) in [5, 5.41) is 2.80. The number of nitrogens with one attached hydrogen (secondary N) is 1. The number of hydrogen-bond donors (Lipinski definition) is 1. The molecular weight excluding hydrogens is 276 g/mol. The van der Waals surface area contributed by atoms with Crippen molar-refractivity contribution in [2.75, 3.05) is 7.11 Å². The second-order valence-electron chi connectivity index (χ2n) is 5.03. The van der Waals surface area contributed by atoms with Gasteiger partial charge in [0.25, 0.3) is 5.91 Å². The topological polar surface area (TPSA) is 50.7 Å². The first-order chi connectivity index (χ1) is 10.7. The number of methoxy groups -OCH3 is 1. The molecule has 2 aromatic rings. The quantitative estimate of drug-likeness (QED) is 0.884. The summed E-state index contributed by atoms with van der Waals surface area (Å²) in [4.78, 5) is 16.5. The number of amides is 1. The Labute approximate surface area is 129 Å². The molecule has 0 spiro atoms. The summed E-state index contributed by atoms with van der Waals surface area (Å²) >= 11 is 0. The second kappa shape index (κ2) is 5.85. The summed E-state index contributed by atoms with van der Waals surface area (Å²) in [5.74, 6) is 1.14. The molecule has 2 aromatic carbocycles. The Morgan fingerprint density at radius 1 is 1.09 bits per heavy atom. The molecule has 4 nitrogen and oxygen atoms in total. The van der Waals surface area contributed by atoms with Crippen molar-refractivity contribution in [3.8, 4) is 5.75 Å². The molecule has 3 rings (SSSR count). The Bertz CT molecular complexity index is 774. The normalized spacial score (nSPS) is 15.6. The van der Waals surface area contributed by atoms with E-state index in [1.165, 1.54) is 0 Å². The lowest BCUT2D eigenvalue weighted by molar-refractivity contribution is -0.115. The fraction of sp³-hybridized carbons (Fsp3) is 0.111. The molecule has 0 unspecified atom stereocenters. The summed E-state index contributed by atoms with van der Waals surface area (Å²) in [6.45, 7) is 2.01. The third-order valence-corrected chi connectivity index (χ3v) is 3.54. The molecule has 1 aliphatic heterocycles. The van der Waals surface area contributed by atoms with E-state index in [1.807, 2.05) is 55.5 Å². The minimum absolute atomic E-state index is 0.186.